The van der Waals surface area contributed by atoms with Crippen LogP contribution in [0.2, 0.25) is 0 Å². The summed E-state index contributed by atoms with van der Waals surface area (Å²) in [5, 5.41) is 0. The maximum absolute atomic E-state index is 13.7. The minimum absolute atomic E-state index is 0.0307. The molecule has 0 aliphatic rings. The highest BCUT2D eigenvalue weighted by molar-refractivity contribution is 5.92. The number of nitrogens with zero attached hydrogens (tertiary/aromatic N) is 1. The standard InChI is InChI=1S/C38H65NO14/c1-6-31(40)47-23-15-9-11-18-26-50-35(44)29-38(53-34(43)21-22-39(4)5,37(46)52-28-20-14-13-17-25-49-33(42)8-3)30-36(45)51-27-19-12-10-16-24-48-32(41)7-2/h6-30H2,1-5H3. The van der Waals surface area contributed by atoms with Crippen molar-refractivity contribution >= 4 is 41.8 Å². The average Bonchev–Trinajstić information content (AvgIpc) is 3.13. The molecule has 0 unspecified atom stereocenters. The van der Waals surface area contributed by atoms with Crippen LogP contribution in [0.25, 0.3) is 0 Å². The minimum atomic E-state index is -2.31. The number of carbonyl (C=O) groups excluding carboxylic acids is 7. The molecular weight excluding hydrogens is 694 g/mol. The Morgan fingerprint density at radius 1 is 0.415 bits per heavy atom. The van der Waals surface area contributed by atoms with Crippen LogP contribution >= 0.6 is 0 Å². The number of ether oxygens (including phenoxy) is 7. The Hall–Kier alpha value is -3.75. The SMILES string of the molecule is CCC(=O)OCCCCCCOC(=O)CC(CC(=O)OCCCCCCOC(=O)CC)(OC(=O)CCN(C)C)C(=O)OCCCCCCOC(=O)CC. The summed E-state index contributed by atoms with van der Waals surface area (Å²) in [7, 11) is 3.51. The van der Waals surface area contributed by atoms with Gasteiger partial charge in [-0.1, -0.05) is 20.8 Å². The van der Waals surface area contributed by atoms with Gasteiger partial charge in [0, 0.05) is 25.8 Å². The highest BCUT2D eigenvalue weighted by Crippen LogP contribution is 2.27. The Balaban J connectivity index is 5.49. The van der Waals surface area contributed by atoms with Gasteiger partial charge in [0.1, 0.15) is 0 Å². The van der Waals surface area contributed by atoms with Crippen LogP contribution in [0.3, 0.4) is 0 Å². The molecule has 0 radical (unpaired) electrons. The first-order valence-electron chi connectivity index (χ1n) is 19.2. The molecular formula is C38H65NO14. The molecule has 53 heavy (non-hydrogen) atoms. The second-order valence-corrected chi connectivity index (χ2v) is 12.9. The molecule has 15 heteroatoms. The zero-order valence-corrected chi connectivity index (χ0v) is 32.8. The van der Waals surface area contributed by atoms with E-state index < -0.39 is 42.3 Å². The normalized spacial score (nSPS) is 11.1. The van der Waals surface area contributed by atoms with Crippen LogP contribution in [0.4, 0.5) is 0 Å². The number of hydrogen-bond acceptors (Lipinski definition) is 15. The van der Waals surface area contributed by atoms with Crippen LogP contribution in [-0.2, 0) is 66.7 Å². The second kappa shape index (κ2) is 31.7. The maximum atomic E-state index is 13.7. The van der Waals surface area contributed by atoms with E-state index in [0.29, 0.717) is 110 Å². The quantitative estimate of drug-likeness (QED) is 0.0484. The Morgan fingerprint density at radius 2 is 0.717 bits per heavy atom. The molecule has 306 valence electrons. The van der Waals surface area contributed by atoms with Gasteiger partial charge in [0.05, 0.1) is 58.9 Å². The molecule has 0 aromatic heterocycles. The lowest BCUT2D eigenvalue weighted by molar-refractivity contribution is -0.191. The van der Waals surface area contributed by atoms with Crippen LogP contribution in [0.15, 0.2) is 0 Å². The lowest BCUT2D eigenvalue weighted by Gasteiger charge is -2.30. The molecule has 0 heterocycles. The minimum Gasteiger partial charge on any atom is -0.466 e. The van der Waals surface area contributed by atoms with Crippen LogP contribution in [0.5, 0.6) is 0 Å². The summed E-state index contributed by atoms with van der Waals surface area (Å²) in [5.74, 6) is -4.35. The molecule has 0 bridgehead atoms. The van der Waals surface area contributed by atoms with Crippen LogP contribution in [-0.4, -0.2) is 113 Å². The number of esters is 7. The first kappa shape index (κ1) is 49.2. The summed E-state index contributed by atoms with van der Waals surface area (Å²) in [6.07, 6.45) is 7.00. The maximum Gasteiger partial charge on any atom is 0.351 e. The van der Waals surface area contributed by atoms with Crippen LogP contribution < -0.4 is 0 Å². The van der Waals surface area contributed by atoms with Crippen molar-refractivity contribution in [1.29, 1.82) is 0 Å². The van der Waals surface area contributed by atoms with Gasteiger partial charge in [-0.3, -0.25) is 28.8 Å². The molecule has 0 atom stereocenters. The van der Waals surface area contributed by atoms with Crippen LogP contribution in [0.1, 0.15) is 136 Å². The smallest absolute Gasteiger partial charge is 0.351 e. The Kier molecular flexibility index (Phi) is 29.5. The molecule has 0 spiro atoms. The molecule has 0 fully saturated rings. The van der Waals surface area contributed by atoms with Gasteiger partial charge in [-0.2, -0.15) is 0 Å². The molecule has 0 aromatic rings. The summed E-state index contributed by atoms with van der Waals surface area (Å²) in [6.45, 7) is 6.38. The van der Waals surface area contributed by atoms with E-state index in [0.717, 1.165) is 12.8 Å². The summed E-state index contributed by atoms with van der Waals surface area (Å²) in [5.41, 5.74) is -2.31. The molecule has 0 aliphatic heterocycles. The number of unbranched alkanes of at least 4 members (excludes halogenated alkanes) is 9. The van der Waals surface area contributed by atoms with E-state index in [4.69, 9.17) is 33.2 Å². The predicted molar refractivity (Wildman–Crippen MR) is 193 cm³/mol. The number of carbonyl (C=O) groups is 7. The molecule has 15 nitrogen and oxygen atoms in total. The first-order valence-corrected chi connectivity index (χ1v) is 19.2. The Bertz CT molecular complexity index is 1030. The van der Waals surface area contributed by atoms with E-state index in [-0.39, 0.29) is 44.1 Å². The third-order valence-electron chi connectivity index (χ3n) is 7.83. The van der Waals surface area contributed by atoms with E-state index in [1.54, 1.807) is 39.8 Å². The van der Waals surface area contributed by atoms with Crippen molar-refractivity contribution in [2.24, 2.45) is 0 Å². The third kappa shape index (κ3) is 27.5. The topological polar surface area (TPSA) is 187 Å². The first-order chi connectivity index (χ1) is 25.4. The molecule has 0 aliphatic carbocycles. The molecule has 0 rings (SSSR count). The van der Waals surface area contributed by atoms with E-state index in [1.807, 2.05) is 0 Å². The van der Waals surface area contributed by atoms with Gasteiger partial charge in [0.2, 0.25) is 5.60 Å². The zero-order chi connectivity index (χ0) is 39.7. The van der Waals surface area contributed by atoms with Crippen molar-refractivity contribution < 1.29 is 66.7 Å². The second-order valence-electron chi connectivity index (χ2n) is 12.9. The van der Waals surface area contributed by atoms with E-state index >= 15 is 0 Å². The van der Waals surface area contributed by atoms with Gasteiger partial charge in [0.15, 0.2) is 0 Å². The van der Waals surface area contributed by atoms with E-state index in [1.165, 1.54) is 0 Å². The summed E-state index contributed by atoms with van der Waals surface area (Å²) >= 11 is 0. The van der Waals surface area contributed by atoms with Crippen molar-refractivity contribution in [2.75, 3.05) is 60.3 Å². The molecule has 0 aromatic carbocycles. The lowest BCUT2D eigenvalue weighted by Crippen LogP contribution is -2.49. The van der Waals surface area contributed by atoms with Crippen LogP contribution in [0, 0.1) is 0 Å². The molecule has 0 saturated carbocycles. The summed E-state index contributed by atoms with van der Waals surface area (Å²) in [4.78, 5) is 88.5. The van der Waals surface area contributed by atoms with Gasteiger partial charge >= 0.3 is 41.8 Å². The van der Waals surface area contributed by atoms with Gasteiger partial charge in [-0.25, -0.2) is 4.79 Å². The Morgan fingerprint density at radius 3 is 1.02 bits per heavy atom. The largest absolute Gasteiger partial charge is 0.466 e. The zero-order valence-electron chi connectivity index (χ0n) is 32.8. The fraction of sp³-hybridized carbons (Fsp3) is 0.816. The highest BCUT2D eigenvalue weighted by atomic mass is 16.6. The number of rotatable bonds is 33. The average molecular weight is 760 g/mol. The monoisotopic (exact) mass is 759 g/mol. The summed E-state index contributed by atoms with van der Waals surface area (Å²) < 4.78 is 37.1. The van der Waals surface area contributed by atoms with Crippen molar-refractivity contribution in [1.82, 2.24) is 4.90 Å². The molecule has 0 saturated heterocycles. The Labute approximate surface area is 315 Å². The van der Waals surface area contributed by atoms with E-state index in [2.05, 4.69) is 0 Å². The lowest BCUT2D eigenvalue weighted by atomic mass is 9.94. The van der Waals surface area contributed by atoms with Crippen molar-refractivity contribution in [3.05, 3.63) is 0 Å². The summed E-state index contributed by atoms with van der Waals surface area (Å²) in [6, 6.07) is 0. The molecule has 0 amide bonds. The van der Waals surface area contributed by atoms with Gasteiger partial charge in [-0.15, -0.1) is 0 Å². The third-order valence-corrected chi connectivity index (χ3v) is 7.83. The number of hydrogen-bond donors (Lipinski definition) is 0. The van der Waals surface area contributed by atoms with Gasteiger partial charge in [-0.05, 0) is 91.1 Å². The van der Waals surface area contributed by atoms with Gasteiger partial charge < -0.3 is 38.1 Å². The fourth-order valence-electron chi connectivity index (χ4n) is 4.68. The highest BCUT2D eigenvalue weighted by Gasteiger charge is 2.49. The fourth-order valence-corrected chi connectivity index (χ4v) is 4.68. The van der Waals surface area contributed by atoms with Crippen molar-refractivity contribution in [3.63, 3.8) is 0 Å². The molecule has 0 N–H and O–H groups in total. The van der Waals surface area contributed by atoms with Crippen molar-refractivity contribution in [2.45, 2.75) is 142 Å². The van der Waals surface area contributed by atoms with E-state index in [9.17, 15) is 33.6 Å². The van der Waals surface area contributed by atoms with Crippen molar-refractivity contribution in [3.8, 4) is 0 Å². The predicted octanol–water partition coefficient (Wildman–Crippen LogP) is 5.17. The van der Waals surface area contributed by atoms with Gasteiger partial charge in [0.25, 0.3) is 0 Å².